The van der Waals surface area contributed by atoms with E-state index in [1.165, 1.54) is 0 Å². The van der Waals surface area contributed by atoms with Gasteiger partial charge >= 0.3 is 6.18 Å². The minimum atomic E-state index is -4.49. The summed E-state index contributed by atoms with van der Waals surface area (Å²) in [5, 5.41) is 8.93. The van der Waals surface area contributed by atoms with E-state index in [1.54, 1.807) is 4.90 Å². The number of hydrogen-bond acceptors (Lipinski definition) is 2. The lowest BCUT2D eigenvalue weighted by atomic mass is 9.95. The van der Waals surface area contributed by atoms with Crippen LogP contribution in [0.5, 0.6) is 0 Å². The summed E-state index contributed by atoms with van der Waals surface area (Å²) in [6.07, 6.45) is -3.66. The Morgan fingerprint density at radius 2 is 2.13 bits per heavy atom. The second-order valence-corrected chi connectivity index (χ2v) is 4.23. The van der Waals surface area contributed by atoms with E-state index in [2.05, 4.69) is 0 Å². The molecule has 1 saturated heterocycles. The third kappa shape index (κ3) is 3.99. The summed E-state index contributed by atoms with van der Waals surface area (Å²) in [5.74, 6) is 0.485. The summed E-state index contributed by atoms with van der Waals surface area (Å²) in [6.45, 7) is 3.13. The molecule has 1 aliphatic rings. The van der Waals surface area contributed by atoms with E-state index in [0.29, 0.717) is 19.0 Å². The van der Waals surface area contributed by atoms with Crippen molar-refractivity contribution in [3.8, 4) is 0 Å². The lowest BCUT2D eigenvalue weighted by molar-refractivity contribution is -0.209. The number of likely N-dealkylation sites (tertiary alicyclic amines) is 1. The summed E-state index contributed by atoms with van der Waals surface area (Å²) >= 11 is 0. The van der Waals surface area contributed by atoms with Crippen molar-refractivity contribution in [3.05, 3.63) is 0 Å². The van der Waals surface area contributed by atoms with E-state index in [-0.39, 0.29) is 6.54 Å². The first-order chi connectivity index (χ1) is 6.93. The fourth-order valence-corrected chi connectivity index (χ4v) is 2.00. The summed E-state index contributed by atoms with van der Waals surface area (Å²) in [6, 6.07) is 0. The van der Waals surface area contributed by atoms with Crippen molar-refractivity contribution in [2.24, 2.45) is 5.92 Å². The van der Waals surface area contributed by atoms with Gasteiger partial charge in [-0.05, 0) is 25.3 Å². The van der Waals surface area contributed by atoms with Crippen LogP contribution in [0.25, 0.3) is 0 Å². The average molecular weight is 225 g/mol. The smallest absolute Gasteiger partial charge is 0.382 e. The summed E-state index contributed by atoms with van der Waals surface area (Å²) in [7, 11) is 0. The zero-order valence-corrected chi connectivity index (χ0v) is 8.93. The van der Waals surface area contributed by atoms with Crippen molar-refractivity contribution >= 4 is 0 Å². The Labute approximate surface area is 88.1 Å². The molecule has 2 unspecified atom stereocenters. The first-order valence-electron chi connectivity index (χ1n) is 5.40. The van der Waals surface area contributed by atoms with Crippen LogP contribution in [0.3, 0.4) is 0 Å². The van der Waals surface area contributed by atoms with Crippen LogP contribution in [-0.4, -0.2) is 41.9 Å². The van der Waals surface area contributed by atoms with Crippen LogP contribution >= 0.6 is 0 Å². The molecule has 1 heterocycles. The molecular weight excluding hydrogens is 207 g/mol. The Hall–Kier alpha value is -0.290. The van der Waals surface area contributed by atoms with Crippen LogP contribution < -0.4 is 0 Å². The number of rotatable bonds is 3. The van der Waals surface area contributed by atoms with Gasteiger partial charge in [0.05, 0.1) is 0 Å². The van der Waals surface area contributed by atoms with Gasteiger partial charge in [0.15, 0.2) is 6.10 Å². The van der Waals surface area contributed by atoms with Crippen LogP contribution in [0.4, 0.5) is 13.2 Å². The van der Waals surface area contributed by atoms with Gasteiger partial charge in [0.25, 0.3) is 0 Å². The molecule has 5 heteroatoms. The van der Waals surface area contributed by atoms with Gasteiger partial charge in [-0.3, -0.25) is 0 Å². The predicted octanol–water partition coefficient (Wildman–Crippen LogP) is 2.03. The SMILES string of the molecule is CCC1CCCN(CC(O)C(F)(F)F)C1. The van der Waals surface area contributed by atoms with E-state index in [0.717, 1.165) is 19.3 Å². The van der Waals surface area contributed by atoms with Gasteiger partial charge in [-0.25, -0.2) is 0 Å². The average Bonchev–Trinajstić information content (AvgIpc) is 2.16. The number of aliphatic hydroxyl groups excluding tert-OH is 1. The molecule has 0 aromatic heterocycles. The third-order valence-corrected chi connectivity index (χ3v) is 2.99. The third-order valence-electron chi connectivity index (χ3n) is 2.99. The lowest BCUT2D eigenvalue weighted by Crippen LogP contribution is -2.44. The van der Waals surface area contributed by atoms with Crippen molar-refractivity contribution in [3.63, 3.8) is 0 Å². The van der Waals surface area contributed by atoms with Gasteiger partial charge in [-0.15, -0.1) is 0 Å². The second-order valence-electron chi connectivity index (χ2n) is 4.23. The zero-order valence-electron chi connectivity index (χ0n) is 8.93. The molecule has 1 rings (SSSR count). The highest BCUT2D eigenvalue weighted by Gasteiger charge is 2.39. The summed E-state index contributed by atoms with van der Waals surface area (Å²) in [5.41, 5.74) is 0. The first kappa shape index (κ1) is 12.8. The topological polar surface area (TPSA) is 23.5 Å². The van der Waals surface area contributed by atoms with Gasteiger partial charge in [-0.1, -0.05) is 13.3 Å². The Morgan fingerprint density at radius 1 is 1.47 bits per heavy atom. The van der Waals surface area contributed by atoms with Gasteiger partial charge in [-0.2, -0.15) is 13.2 Å². The van der Waals surface area contributed by atoms with Crippen LogP contribution in [0.1, 0.15) is 26.2 Å². The van der Waals surface area contributed by atoms with E-state index in [4.69, 9.17) is 5.11 Å². The molecule has 2 atom stereocenters. The molecule has 15 heavy (non-hydrogen) atoms. The molecule has 0 aliphatic carbocycles. The van der Waals surface area contributed by atoms with Gasteiger partial charge in [0, 0.05) is 13.1 Å². The van der Waals surface area contributed by atoms with Crippen LogP contribution in [-0.2, 0) is 0 Å². The molecule has 1 N–H and O–H groups in total. The van der Waals surface area contributed by atoms with E-state index >= 15 is 0 Å². The Morgan fingerprint density at radius 3 is 2.67 bits per heavy atom. The number of piperidine rings is 1. The van der Waals surface area contributed by atoms with Crippen LogP contribution in [0.15, 0.2) is 0 Å². The monoisotopic (exact) mass is 225 g/mol. The van der Waals surface area contributed by atoms with Crippen molar-refractivity contribution in [2.75, 3.05) is 19.6 Å². The molecular formula is C10H18F3NO. The maximum Gasteiger partial charge on any atom is 0.415 e. The Kier molecular flexibility index (Phi) is 4.40. The minimum Gasteiger partial charge on any atom is -0.382 e. The fraction of sp³-hybridized carbons (Fsp3) is 1.00. The normalized spacial score (nSPS) is 26.6. The molecule has 1 fully saturated rings. The van der Waals surface area contributed by atoms with E-state index in [1.807, 2.05) is 6.92 Å². The van der Waals surface area contributed by atoms with Gasteiger partial charge in [0.2, 0.25) is 0 Å². The second kappa shape index (κ2) is 5.16. The van der Waals surface area contributed by atoms with Gasteiger partial charge in [0.1, 0.15) is 0 Å². The molecule has 2 nitrogen and oxygen atoms in total. The zero-order chi connectivity index (χ0) is 11.5. The quantitative estimate of drug-likeness (QED) is 0.794. The molecule has 0 aromatic rings. The molecule has 0 radical (unpaired) electrons. The standard InChI is InChI=1S/C10H18F3NO/c1-2-8-4-3-5-14(6-8)7-9(15)10(11,12)13/h8-9,15H,2-7H2,1H3. The number of aliphatic hydroxyl groups is 1. The number of nitrogens with zero attached hydrogens (tertiary/aromatic N) is 1. The van der Waals surface area contributed by atoms with E-state index in [9.17, 15) is 13.2 Å². The number of alkyl halides is 3. The largest absolute Gasteiger partial charge is 0.415 e. The minimum absolute atomic E-state index is 0.278. The molecule has 0 amide bonds. The number of halogens is 3. The molecule has 0 bridgehead atoms. The number of hydrogen-bond donors (Lipinski definition) is 1. The highest BCUT2D eigenvalue weighted by atomic mass is 19.4. The molecule has 0 spiro atoms. The van der Waals surface area contributed by atoms with Gasteiger partial charge < -0.3 is 10.0 Å². The van der Waals surface area contributed by atoms with Crippen molar-refractivity contribution < 1.29 is 18.3 Å². The maximum absolute atomic E-state index is 12.1. The molecule has 90 valence electrons. The van der Waals surface area contributed by atoms with E-state index < -0.39 is 12.3 Å². The first-order valence-corrected chi connectivity index (χ1v) is 5.40. The molecule has 1 aliphatic heterocycles. The Bertz CT molecular complexity index is 196. The molecule has 0 aromatic carbocycles. The molecule has 0 saturated carbocycles. The highest BCUT2D eigenvalue weighted by Crippen LogP contribution is 2.24. The Balaban J connectivity index is 2.38. The van der Waals surface area contributed by atoms with Crippen molar-refractivity contribution in [1.82, 2.24) is 4.90 Å². The van der Waals surface area contributed by atoms with Crippen molar-refractivity contribution in [1.29, 1.82) is 0 Å². The summed E-state index contributed by atoms with van der Waals surface area (Å²) in [4.78, 5) is 1.72. The van der Waals surface area contributed by atoms with Crippen LogP contribution in [0.2, 0.25) is 0 Å². The van der Waals surface area contributed by atoms with Crippen LogP contribution in [0, 0.1) is 5.92 Å². The predicted molar refractivity (Wildman–Crippen MR) is 51.5 cm³/mol. The number of β-amino-alcohol motifs (C(OH)–C–C–N with tert-alkyl or cyclic N) is 1. The highest BCUT2D eigenvalue weighted by molar-refractivity contribution is 4.76. The maximum atomic E-state index is 12.1. The fourth-order valence-electron chi connectivity index (χ4n) is 2.00. The van der Waals surface area contributed by atoms with Crippen molar-refractivity contribution in [2.45, 2.75) is 38.5 Å². The lowest BCUT2D eigenvalue weighted by Gasteiger charge is -2.33. The summed E-state index contributed by atoms with van der Waals surface area (Å²) < 4.78 is 36.3.